The minimum Gasteiger partial charge on any atom is -0.352 e. The monoisotopic (exact) mass is 227 g/mol. The zero-order chi connectivity index (χ0) is 10.8. The lowest BCUT2D eigenvalue weighted by atomic mass is 10.2. The van der Waals surface area contributed by atoms with Gasteiger partial charge >= 0.3 is 0 Å². The molecule has 0 aliphatic heterocycles. The summed E-state index contributed by atoms with van der Waals surface area (Å²) in [7, 11) is 0. The van der Waals surface area contributed by atoms with Gasteiger partial charge < -0.3 is 5.32 Å². The van der Waals surface area contributed by atoms with Gasteiger partial charge in [-0.15, -0.1) is 0 Å². The molecular formula is C11H11ClFNO. The van der Waals surface area contributed by atoms with E-state index in [9.17, 15) is 9.18 Å². The van der Waals surface area contributed by atoms with Crippen LogP contribution in [0.4, 0.5) is 4.39 Å². The van der Waals surface area contributed by atoms with Crippen molar-refractivity contribution in [2.45, 2.75) is 12.8 Å². The number of halogens is 2. The molecule has 1 N–H and O–H groups in total. The number of hydrogen-bond acceptors (Lipinski definition) is 1. The van der Waals surface area contributed by atoms with E-state index in [1.54, 1.807) is 0 Å². The molecule has 0 heterocycles. The molecule has 1 fully saturated rings. The molecule has 2 nitrogen and oxygen atoms in total. The third kappa shape index (κ3) is 2.69. The zero-order valence-electron chi connectivity index (χ0n) is 8.09. The summed E-state index contributed by atoms with van der Waals surface area (Å²) in [6, 6.07) is 3.78. The summed E-state index contributed by atoms with van der Waals surface area (Å²) in [5.74, 6) is -0.0428. The first-order chi connectivity index (χ1) is 7.16. The predicted molar refractivity (Wildman–Crippen MR) is 56.5 cm³/mol. The Bertz CT molecular complexity index is 390. The quantitative estimate of drug-likeness (QED) is 0.845. The molecule has 15 heavy (non-hydrogen) atoms. The lowest BCUT2D eigenvalue weighted by molar-refractivity contribution is 0.0952. The Balaban J connectivity index is 2.03. The maximum Gasteiger partial charge on any atom is 0.252 e. The van der Waals surface area contributed by atoms with Gasteiger partial charge in [-0.05, 0) is 37.0 Å². The Morgan fingerprint density at radius 3 is 2.87 bits per heavy atom. The second-order valence-corrected chi connectivity index (χ2v) is 4.18. The Morgan fingerprint density at radius 2 is 2.27 bits per heavy atom. The van der Waals surface area contributed by atoms with E-state index < -0.39 is 5.82 Å². The van der Waals surface area contributed by atoms with Crippen molar-refractivity contribution in [2.24, 2.45) is 5.92 Å². The SMILES string of the molecule is O=C(NCC1CC1)c1ccc(F)cc1Cl. The maximum absolute atomic E-state index is 12.7. The van der Waals surface area contributed by atoms with Crippen LogP contribution in [0.3, 0.4) is 0 Å². The fourth-order valence-corrected chi connectivity index (χ4v) is 1.58. The molecule has 1 aliphatic rings. The number of amides is 1. The number of benzene rings is 1. The Kier molecular flexibility index (Phi) is 2.91. The molecule has 2 rings (SSSR count). The molecule has 1 aliphatic carbocycles. The van der Waals surface area contributed by atoms with Crippen molar-refractivity contribution in [1.29, 1.82) is 0 Å². The summed E-state index contributed by atoms with van der Waals surface area (Å²) in [4.78, 5) is 11.6. The van der Waals surface area contributed by atoms with Gasteiger partial charge in [-0.1, -0.05) is 11.6 Å². The summed E-state index contributed by atoms with van der Waals surface area (Å²) in [5, 5.41) is 2.93. The lowest BCUT2D eigenvalue weighted by Crippen LogP contribution is -2.25. The standard InChI is InChI=1S/C11H11ClFNO/c12-10-5-8(13)3-4-9(10)11(15)14-6-7-1-2-7/h3-5,7H,1-2,6H2,(H,14,15). The largest absolute Gasteiger partial charge is 0.352 e. The van der Waals surface area contributed by atoms with Crippen molar-refractivity contribution >= 4 is 17.5 Å². The third-order valence-corrected chi connectivity index (χ3v) is 2.74. The normalized spacial score (nSPS) is 15.1. The summed E-state index contributed by atoms with van der Waals surface area (Å²) >= 11 is 5.75. The molecule has 0 bridgehead atoms. The van der Waals surface area contributed by atoms with Crippen molar-refractivity contribution in [2.75, 3.05) is 6.54 Å². The van der Waals surface area contributed by atoms with Crippen molar-refractivity contribution in [3.05, 3.63) is 34.6 Å². The van der Waals surface area contributed by atoms with E-state index in [1.807, 2.05) is 0 Å². The molecule has 0 unspecified atom stereocenters. The Labute approximate surface area is 92.4 Å². The molecule has 1 saturated carbocycles. The van der Waals surface area contributed by atoms with Crippen LogP contribution < -0.4 is 5.32 Å². The van der Waals surface area contributed by atoms with E-state index in [-0.39, 0.29) is 10.9 Å². The number of hydrogen-bond donors (Lipinski definition) is 1. The number of rotatable bonds is 3. The molecule has 4 heteroatoms. The highest BCUT2D eigenvalue weighted by Gasteiger charge is 2.22. The van der Waals surface area contributed by atoms with Gasteiger partial charge in [0.05, 0.1) is 10.6 Å². The van der Waals surface area contributed by atoms with E-state index in [1.165, 1.54) is 25.0 Å². The van der Waals surface area contributed by atoms with Crippen molar-refractivity contribution in [3.8, 4) is 0 Å². The fourth-order valence-electron chi connectivity index (χ4n) is 1.33. The Morgan fingerprint density at radius 1 is 1.53 bits per heavy atom. The minimum atomic E-state index is -0.432. The van der Waals surface area contributed by atoms with Gasteiger partial charge in [-0.2, -0.15) is 0 Å². The van der Waals surface area contributed by atoms with Crippen LogP contribution in [-0.2, 0) is 0 Å². The fraction of sp³-hybridized carbons (Fsp3) is 0.364. The van der Waals surface area contributed by atoms with Gasteiger partial charge in [0.15, 0.2) is 0 Å². The van der Waals surface area contributed by atoms with Gasteiger partial charge in [-0.3, -0.25) is 4.79 Å². The second-order valence-electron chi connectivity index (χ2n) is 3.78. The summed E-state index contributed by atoms with van der Waals surface area (Å²) in [5.41, 5.74) is 0.332. The molecule has 1 aromatic rings. The average molecular weight is 228 g/mol. The van der Waals surface area contributed by atoms with Gasteiger partial charge in [0.1, 0.15) is 5.82 Å². The first-order valence-electron chi connectivity index (χ1n) is 4.90. The lowest BCUT2D eigenvalue weighted by Gasteiger charge is -2.05. The van der Waals surface area contributed by atoms with Crippen molar-refractivity contribution in [3.63, 3.8) is 0 Å². The van der Waals surface area contributed by atoms with E-state index >= 15 is 0 Å². The first kappa shape index (κ1) is 10.4. The molecule has 0 saturated heterocycles. The molecule has 0 radical (unpaired) electrons. The second kappa shape index (κ2) is 4.19. The minimum absolute atomic E-state index is 0.156. The van der Waals surface area contributed by atoms with E-state index in [0.29, 0.717) is 18.0 Å². The number of nitrogens with one attached hydrogen (secondary N) is 1. The molecule has 80 valence electrons. The van der Waals surface area contributed by atoms with Gasteiger partial charge in [-0.25, -0.2) is 4.39 Å². The molecule has 1 aromatic carbocycles. The van der Waals surface area contributed by atoms with Crippen LogP contribution in [0.5, 0.6) is 0 Å². The number of carbonyl (C=O) groups excluding carboxylic acids is 1. The van der Waals surface area contributed by atoms with Crippen LogP contribution in [0.2, 0.25) is 5.02 Å². The maximum atomic E-state index is 12.7. The number of carbonyl (C=O) groups is 1. The van der Waals surface area contributed by atoms with Crippen LogP contribution in [0.15, 0.2) is 18.2 Å². The highest BCUT2D eigenvalue weighted by Crippen LogP contribution is 2.27. The van der Waals surface area contributed by atoms with Gasteiger partial charge in [0.25, 0.3) is 5.91 Å². The highest BCUT2D eigenvalue weighted by molar-refractivity contribution is 6.33. The van der Waals surface area contributed by atoms with Crippen molar-refractivity contribution in [1.82, 2.24) is 5.32 Å². The molecule has 1 amide bonds. The average Bonchev–Trinajstić information content (AvgIpc) is 2.97. The van der Waals surface area contributed by atoms with E-state index in [2.05, 4.69) is 5.32 Å². The molecule has 0 aromatic heterocycles. The third-order valence-electron chi connectivity index (χ3n) is 2.42. The summed E-state index contributed by atoms with van der Waals surface area (Å²) < 4.78 is 12.7. The van der Waals surface area contributed by atoms with Crippen molar-refractivity contribution < 1.29 is 9.18 Å². The van der Waals surface area contributed by atoms with Crippen LogP contribution in [0.1, 0.15) is 23.2 Å². The van der Waals surface area contributed by atoms with Gasteiger partial charge in [0.2, 0.25) is 0 Å². The van der Waals surface area contributed by atoms with Crippen LogP contribution >= 0.6 is 11.6 Å². The smallest absolute Gasteiger partial charge is 0.252 e. The topological polar surface area (TPSA) is 29.1 Å². The van der Waals surface area contributed by atoms with E-state index in [0.717, 1.165) is 6.07 Å². The first-order valence-corrected chi connectivity index (χ1v) is 5.28. The zero-order valence-corrected chi connectivity index (χ0v) is 8.85. The summed E-state index contributed by atoms with van der Waals surface area (Å²) in [6.07, 6.45) is 2.36. The predicted octanol–water partition coefficient (Wildman–Crippen LogP) is 2.62. The van der Waals surface area contributed by atoms with E-state index in [4.69, 9.17) is 11.6 Å². The van der Waals surface area contributed by atoms with Gasteiger partial charge in [0, 0.05) is 6.54 Å². The Hall–Kier alpha value is -1.09. The van der Waals surface area contributed by atoms with Crippen LogP contribution in [-0.4, -0.2) is 12.5 Å². The highest BCUT2D eigenvalue weighted by atomic mass is 35.5. The molecule has 0 atom stereocenters. The van der Waals surface area contributed by atoms with Crippen LogP contribution in [0, 0.1) is 11.7 Å². The van der Waals surface area contributed by atoms with Crippen LogP contribution in [0.25, 0.3) is 0 Å². The summed E-state index contributed by atoms with van der Waals surface area (Å²) in [6.45, 7) is 0.687. The molecular weight excluding hydrogens is 217 g/mol. The molecule has 0 spiro atoms.